The van der Waals surface area contributed by atoms with E-state index in [0.29, 0.717) is 19.5 Å². The smallest absolute Gasteiger partial charge is 0.221 e. The van der Waals surface area contributed by atoms with E-state index in [4.69, 9.17) is 5.73 Å². The predicted molar refractivity (Wildman–Crippen MR) is 78.1 cm³/mol. The molecule has 4 heteroatoms. The number of amides is 1. The zero-order valence-corrected chi connectivity index (χ0v) is 12.1. The molecule has 0 saturated carbocycles. The summed E-state index contributed by atoms with van der Waals surface area (Å²) in [6, 6.07) is 8.27. The van der Waals surface area contributed by atoms with Crippen LogP contribution in [0.25, 0.3) is 0 Å². The monoisotopic (exact) mass is 270 g/mol. The first-order chi connectivity index (χ1) is 7.97. The fourth-order valence-electron chi connectivity index (χ4n) is 1.97. The van der Waals surface area contributed by atoms with Gasteiger partial charge in [-0.1, -0.05) is 38.1 Å². The molecule has 3 nitrogen and oxygen atoms in total. The first-order valence-corrected chi connectivity index (χ1v) is 6.00. The first-order valence-electron chi connectivity index (χ1n) is 6.00. The van der Waals surface area contributed by atoms with Gasteiger partial charge in [-0.2, -0.15) is 0 Å². The van der Waals surface area contributed by atoms with Crippen molar-refractivity contribution in [3.8, 4) is 0 Å². The van der Waals surface area contributed by atoms with E-state index in [1.165, 1.54) is 11.1 Å². The molecule has 3 N–H and O–H groups in total. The zero-order chi connectivity index (χ0) is 12.9. The molecule has 0 heterocycles. The molecular formula is C14H23ClN2O. The van der Waals surface area contributed by atoms with Gasteiger partial charge in [0, 0.05) is 24.9 Å². The van der Waals surface area contributed by atoms with E-state index in [1.54, 1.807) is 0 Å². The van der Waals surface area contributed by atoms with E-state index in [0.717, 1.165) is 0 Å². The number of benzene rings is 1. The molecule has 0 spiro atoms. The van der Waals surface area contributed by atoms with Crippen LogP contribution in [0.2, 0.25) is 0 Å². The number of aryl methyl sites for hydroxylation is 1. The van der Waals surface area contributed by atoms with Crippen LogP contribution in [-0.4, -0.2) is 19.0 Å². The molecule has 0 saturated heterocycles. The molecular weight excluding hydrogens is 248 g/mol. The lowest BCUT2D eigenvalue weighted by atomic mass is 9.82. The Morgan fingerprint density at radius 1 is 1.33 bits per heavy atom. The number of nitrogens with one attached hydrogen (secondary N) is 1. The molecule has 0 unspecified atom stereocenters. The summed E-state index contributed by atoms with van der Waals surface area (Å²) in [5.74, 6) is 0.0224. The van der Waals surface area contributed by atoms with E-state index in [2.05, 4.69) is 38.2 Å². The largest absolute Gasteiger partial charge is 0.355 e. The highest BCUT2D eigenvalue weighted by atomic mass is 35.5. The fraction of sp³-hybridized carbons (Fsp3) is 0.500. The van der Waals surface area contributed by atoms with Gasteiger partial charge in [-0.05, 0) is 18.1 Å². The van der Waals surface area contributed by atoms with E-state index in [-0.39, 0.29) is 23.7 Å². The molecule has 1 aromatic carbocycles. The second-order valence-corrected chi connectivity index (χ2v) is 5.01. The Bertz CT molecular complexity index is 391. The van der Waals surface area contributed by atoms with Crippen molar-refractivity contribution in [3.05, 3.63) is 35.4 Å². The summed E-state index contributed by atoms with van der Waals surface area (Å²) in [5.41, 5.74) is 7.81. The molecule has 0 radical (unpaired) electrons. The highest BCUT2D eigenvalue weighted by molar-refractivity contribution is 5.85. The minimum absolute atomic E-state index is 0. The Morgan fingerprint density at radius 3 is 2.50 bits per heavy atom. The number of carbonyl (C=O) groups is 1. The molecule has 0 fully saturated rings. The molecule has 102 valence electrons. The third-order valence-electron chi connectivity index (χ3n) is 2.97. The van der Waals surface area contributed by atoms with Crippen molar-refractivity contribution in [2.24, 2.45) is 5.73 Å². The number of hydrogen-bond acceptors (Lipinski definition) is 2. The van der Waals surface area contributed by atoms with Gasteiger partial charge < -0.3 is 11.1 Å². The van der Waals surface area contributed by atoms with E-state index in [1.807, 2.05) is 12.1 Å². The quantitative estimate of drug-likeness (QED) is 0.862. The zero-order valence-electron chi connectivity index (χ0n) is 11.3. The minimum Gasteiger partial charge on any atom is -0.355 e. The number of halogens is 1. The van der Waals surface area contributed by atoms with Crippen molar-refractivity contribution < 1.29 is 4.79 Å². The van der Waals surface area contributed by atoms with E-state index < -0.39 is 0 Å². The van der Waals surface area contributed by atoms with Crippen LogP contribution >= 0.6 is 12.4 Å². The number of rotatable bonds is 5. The summed E-state index contributed by atoms with van der Waals surface area (Å²) in [4.78, 5) is 11.4. The average molecular weight is 271 g/mol. The van der Waals surface area contributed by atoms with Crippen molar-refractivity contribution in [2.75, 3.05) is 13.1 Å². The second kappa shape index (κ2) is 7.39. The van der Waals surface area contributed by atoms with Crippen LogP contribution in [0.15, 0.2) is 24.3 Å². The Labute approximate surface area is 116 Å². The molecule has 1 rings (SSSR count). The van der Waals surface area contributed by atoms with Crippen LogP contribution < -0.4 is 11.1 Å². The highest BCUT2D eigenvalue weighted by Gasteiger charge is 2.22. The molecule has 0 bridgehead atoms. The van der Waals surface area contributed by atoms with Gasteiger partial charge in [0.1, 0.15) is 0 Å². The molecule has 0 aromatic heterocycles. The summed E-state index contributed by atoms with van der Waals surface area (Å²) < 4.78 is 0. The lowest BCUT2D eigenvalue weighted by Crippen LogP contribution is -2.37. The van der Waals surface area contributed by atoms with E-state index >= 15 is 0 Å². The topological polar surface area (TPSA) is 55.1 Å². The van der Waals surface area contributed by atoms with Crippen LogP contribution in [0.5, 0.6) is 0 Å². The van der Waals surface area contributed by atoms with Crippen LogP contribution in [0.3, 0.4) is 0 Å². The Kier molecular flexibility index (Phi) is 6.96. The van der Waals surface area contributed by atoms with Crippen molar-refractivity contribution >= 4 is 18.3 Å². The molecule has 0 atom stereocenters. The third-order valence-corrected chi connectivity index (χ3v) is 2.97. The number of hydrogen-bond donors (Lipinski definition) is 2. The lowest BCUT2D eigenvalue weighted by molar-refractivity contribution is -0.121. The van der Waals surface area contributed by atoms with Crippen LogP contribution in [0, 0.1) is 6.92 Å². The standard InChI is InChI=1S/C14H22N2O.ClH/c1-11-6-4-5-7-12(11)14(2,3)10-16-13(17)8-9-15;/h4-7H,8-10,15H2,1-3H3,(H,16,17);1H. The highest BCUT2D eigenvalue weighted by Crippen LogP contribution is 2.25. The van der Waals surface area contributed by atoms with Crippen LogP contribution in [0.1, 0.15) is 31.4 Å². The summed E-state index contributed by atoms with van der Waals surface area (Å²) in [6.45, 7) is 7.40. The van der Waals surface area contributed by atoms with Gasteiger partial charge in [0.25, 0.3) is 0 Å². The van der Waals surface area contributed by atoms with Gasteiger partial charge in [0.05, 0.1) is 0 Å². The van der Waals surface area contributed by atoms with Crippen molar-refractivity contribution in [1.29, 1.82) is 0 Å². The molecule has 0 aliphatic rings. The first kappa shape index (κ1) is 16.9. The second-order valence-electron chi connectivity index (χ2n) is 5.01. The molecule has 0 aliphatic heterocycles. The lowest BCUT2D eigenvalue weighted by Gasteiger charge is -2.27. The fourth-order valence-corrected chi connectivity index (χ4v) is 1.97. The maximum absolute atomic E-state index is 11.4. The average Bonchev–Trinajstić information content (AvgIpc) is 2.27. The summed E-state index contributed by atoms with van der Waals surface area (Å²) >= 11 is 0. The van der Waals surface area contributed by atoms with Gasteiger partial charge in [0.15, 0.2) is 0 Å². The summed E-state index contributed by atoms with van der Waals surface area (Å²) in [7, 11) is 0. The predicted octanol–water partition coefficient (Wildman–Crippen LogP) is 2.16. The number of carbonyl (C=O) groups excluding carboxylic acids is 1. The van der Waals surface area contributed by atoms with Crippen LogP contribution in [-0.2, 0) is 10.2 Å². The van der Waals surface area contributed by atoms with Crippen molar-refractivity contribution in [2.45, 2.75) is 32.6 Å². The Morgan fingerprint density at radius 2 is 1.94 bits per heavy atom. The maximum Gasteiger partial charge on any atom is 0.221 e. The molecule has 0 aliphatic carbocycles. The molecule has 1 aromatic rings. The third kappa shape index (κ3) is 4.67. The van der Waals surface area contributed by atoms with E-state index in [9.17, 15) is 4.79 Å². The van der Waals surface area contributed by atoms with Crippen LogP contribution in [0.4, 0.5) is 0 Å². The molecule has 1 amide bonds. The Hall–Kier alpha value is -1.06. The maximum atomic E-state index is 11.4. The van der Waals surface area contributed by atoms with Gasteiger partial charge in [-0.3, -0.25) is 4.79 Å². The minimum atomic E-state index is -0.0599. The van der Waals surface area contributed by atoms with Gasteiger partial charge in [-0.25, -0.2) is 0 Å². The normalized spacial score (nSPS) is 10.7. The summed E-state index contributed by atoms with van der Waals surface area (Å²) in [5, 5.41) is 2.93. The molecule has 18 heavy (non-hydrogen) atoms. The summed E-state index contributed by atoms with van der Waals surface area (Å²) in [6.07, 6.45) is 0.393. The number of nitrogens with two attached hydrogens (primary N) is 1. The Balaban J connectivity index is 0.00000289. The van der Waals surface area contributed by atoms with Gasteiger partial charge >= 0.3 is 0 Å². The van der Waals surface area contributed by atoms with Crippen molar-refractivity contribution in [1.82, 2.24) is 5.32 Å². The van der Waals surface area contributed by atoms with Crippen molar-refractivity contribution in [3.63, 3.8) is 0 Å². The van der Waals surface area contributed by atoms with Gasteiger partial charge in [0.2, 0.25) is 5.91 Å². The van der Waals surface area contributed by atoms with Gasteiger partial charge in [-0.15, -0.1) is 12.4 Å². The SMILES string of the molecule is Cc1ccccc1C(C)(C)CNC(=O)CCN.Cl.